The molecule has 1 unspecified atom stereocenters. The number of hydrogen-bond acceptors (Lipinski definition) is 5. The summed E-state index contributed by atoms with van der Waals surface area (Å²) in [6.45, 7) is 6.08. The van der Waals surface area contributed by atoms with Crippen molar-refractivity contribution in [3.8, 4) is 0 Å². The first kappa shape index (κ1) is 16.9. The van der Waals surface area contributed by atoms with Crippen LogP contribution in [-0.2, 0) is 9.53 Å². The summed E-state index contributed by atoms with van der Waals surface area (Å²) in [4.78, 5) is 24.7. The van der Waals surface area contributed by atoms with E-state index in [1.54, 1.807) is 10.9 Å². The molecule has 0 saturated carbocycles. The molecule has 1 aromatic rings. The highest BCUT2D eigenvalue weighted by molar-refractivity contribution is 5.97. The monoisotopic (exact) mass is 335 g/mol. The second-order valence-electron chi connectivity index (χ2n) is 6.62. The molecule has 1 atom stereocenters. The molecule has 0 bridgehead atoms. The number of carbonyl (C=O) groups excluding carboxylic acids is 2. The lowest BCUT2D eigenvalue weighted by Crippen LogP contribution is -2.49. The van der Waals surface area contributed by atoms with Crippen molar-refractivity contribution in [2.45, 2.75) is 51.6 Å². The van der Waals surface area contributed by atoms with Gasteiger partial charge in [0.15, 0.2) is 5.69 Å². The van der Waals surface area contributed by atoms with Crippen LogP contribution in [0.4, 0.5) is 0 Å². The Bertz CT molecular complexity index is 605. The maximum absolute atomic E-state index is 12.5. The molecule has 0 radical (unpaired) electrons. The van der Waals surface area contributed by atoms with Gasteiger partial charge in [-0.15, -0.1) is 5.10 Å². The first-order valence-electron chi connectivity index (χ1n) is 8.68. The maximum Gasteiger partial charge on any atom is 0.274 e. The average molecular weight is 335 g/mol. The van der Waals surface area contributed by atoms with Gasteiger partial charge in [-0.1, -0.05) is 19.1 Å². The van der Waals surface area contributed by atoms with Crippen molar-refractivity contribution in [1.29, 1.82) is 0 Å². The summed E-state index contributed by atoms with van der Waals surface area (Å²) in [5.41, 5.74) is 0.0194. The van der Waals surface area contributed by atoms with Gasteiger partial charge < -0.3 is 15.4 Å². The van der Waals surface area contributed by atoms with E-state index >= 15 is 0 Å². The van der Waals surface area contributed by atoms with Crippen LogP contribution in [0.5, 0.6) is 0 Å². The van der Waals surface area contributed by atoms with Gasteiger partial charge >= 0.3 is 0 Å². The Morgan fingerprint density at radius 2 is 2.12 bits per heavy atom. The Morgan fingerprint density at radius 3 is 2.79 bits per heavy atom. The lowest BCUT2D eigenvalue weighted by molar-refractivity contribution is -0.121. The van der Waals surface area contributed by atoms with E-state index in [1.807, 2.05) is 13.8 Å². The van der Waals surface area contributed by atoms with E-state index in [4.69, 9.17) is 4.74 Å². The van der Waals surface area contributed by atoms with E-state index in [0.717, 1.165) is 25.7 Å². The fraction of sp³-hybridized carbons (Fsp3) is 0.750. The van der Waals surface area contributed by atoms with Crippen LogP contribution in [0.2, 0.25) is 0 Å². The normalized spacial score (nSPS) is 23.9. The van der Waals surface area contributed by atoms with Crippen molar-refractivity contribution in [3.63, 3.8) is 0 Å². The van der Waals surface area contributed by atoms with Crippen LogP contribution >= 0.6 is 0 Å². The summed E-state index contributed by atoms with van der Waals surface area (Å²) in [5.74, 6) is -0.467. The van der Waals surface area contributed by atoms with Crippen LogP contribution in [-0.4, -0.2) is 52.6 Å². The molecular weight excluding hydrogens is 310 g/mol. The van der Waals surface area contributed by atoms with Crippen molar-refractivity contribution in [2.75, 3.05) is 19.8 Å². The minimum atomic E-state index is -0.520. The summed E-state index contributed by atoms with van der Waals surface area (Å²) in [6.07, 6.45) is 5.04. The van der Waals surface area contributed by atoms with Crippen molar-refractivity contribution in [2.24, 2.45) is 5.41 Å². The van der Waals surface area contributed by atoms with Crippen molar-refractivity contribution in [3.05, 3.63) is 11.9 Å². The predicted octanol–water partition coefficient (Wildman–Crippen LogP) is 0.664. The Kier molecular flexibility index (Phi) is 4.84. The largest absolute Gasteiger partial charge is 0.381 e. The maximum atomic E-state index is 12.5. The van der Waals surface area contributed by atoms with Crippen LogP contribution in [0.3, 0.4) is 0 Å². The smallest absolute Gasteiger partial charge is 0.274 e. The summed E-state index contributed by atoms with van der Waals surface area (Å²) >= 11 is 0. The third-order valence-electron chi connectivity index (χ3n) is 5.48. The van der Waals surface area contributed by atoms with Gasteiger partial charge in [0.05, 0.1) is 12.2 Å². The van der Waals surface area contributed by atoms with Gasteiger partial charge in [0.25, 0.3) is 5.91 Å². The molecule has 3 heterocycles. The van der Waals surface area contributed by atoms with Gasteiger partial charge in [0, 0.05) is 25.2 Å². The summed E-state index contributed by atoms with van der Waals surface area (Å²) < 4.78 is 7.07. The summed E-state index contributed by atoms with van der Waals surface area (Å²) in [5, 5.41) is 13.8. The zero-order valence-electron chi connectivity index (χ0n) is 14.2. The standard InChI is InChI=1S/C16H25N5O3/c1-3-16(4-2)10-17-15(23)13(16)18-14(22)12-9-21(20-19-12)11-5-7-24-8-6-11/h9,11,13H,3-8,10H2,1-2H3,(H,17,23)(H,18,22). The van der Waals surface area contributed by atoms with Crippen LogP contribution in [0.15, 0.2) is 6.20 Å². The van der Waals surface area contributed by atoms with Gasteiger partial charge in [-0.3, -0.25) is 9.59 Å². The van der Waals surface area contributed by atoms with Crippen molar-refractivity contribution < 1.29 is 14.3 Å². The fourth-order valence-corrected chi connectivity index (χ4v) is 3.59. The number of carbonyl (C=O) groups is 2. The number of aromatic nitrogens is 3. The van der Waals surface area contributed by atoms with Gasteiger partial charge in [-0.25, -0.2) is 4.68 Å². The van der Waals surface area contributed by atoms with Crippen LogP contribution in [0.1, 0.15) is 56.1 Å². The van der Waals surface area contributed by atoms with Gasteiger partial charge in [-0.2, -0.15) is 0 Å². The van der Waals surface area contributed by atoms with Crippen molar-refractivity contribution >= 4 is 11.8 Å². The summed E-state index contributed by atoms with van der Waals surface area (Å²) in [6, 6.07) is -0.304. The molecule has 2 N–H and O–H groups in total. The molecule has 2 fully saturated rings. The molecule has 8 nitrogen and oxygen atoms in total. The number of amides is 2. The Morgan fingerprint density at radius 1 is 1.42 bits per heavy atom. The topological polar surface area (TPSA) is 98.1 Å². The molecule has 2 saturated heterocycles. The van der Waals surface area contributed by atoms with E-state index in [2.05, 4.69) is 20.9 Å². The molecule has 2 aliphatic rings. The molecule has 2 amide bonds. The van der Waals surface area contributed by atoms with Gasteiger partial charge in [0.1, 0.15) is 6.04 Å². The number of ether oxygens (including phenoxy) is 1. The molecule has 8 heteroatoms. The lowest BCUT2D eigenvalue weighted by atomic mass is 9.77. The first-order valence-corrected chi connectivity index (χ1v) is 8.68. The highest BCUT2D eigenvalue weighted by Gasteiger charge is 2.46. The second-order valence-corrected chi connectivity index (χ2v) is 6.62. The fourth-order valence-electron chi connectivity index (χ4n) is 3.59. The number of nitrogens with one attached hydrogen (secondary N) is 2. The predicted molar refractivity (Wildman–Crippen MR) is 86.4 cm³/mol. The zero-order chi connectivity index (χ0) is 17.2. The van der Waals surface area contributed by atoms with E-state index in [9.17, 15) is 9.59 Å². The van der Waals surface area contributed by atoms with E-state index in [0.29, 0.717) is 19.8 Å². The molecule has 132 valence electrons. The van der Waals surface area contributed by atoms with Gasteiger partial charge in [-0.05, 0) is 25.7 Å². The minimum Gasteiger partial charge on any atom is -0.381 e. The third-order valence-corrected chi connectivity index (χ3v) is 5.48. The summed E-state index contributed by atoms with van der Waals surface area (Å²) in [7, 11) is 0. The SMILES string of the molecule is CCC1(CC)CNC(=O)C1NC(=O)c1cn(C2CCOCC2)nn1. The highest BCUT2D eigenvalue weighted by atomic mass is 16.5. The molecule has 0 spiro atoms. The van der Waals surface area contributed by atoms with Crippen LogP contribution in [0, 0.1) is 5.41 Å². The van der Waals surface area contributed by atoms with E-state index < -0.39 is 6.04 Å². The number of rotatable bonds is 5. The Balaban J connectivity index is 1.70. The molecular formula is C16H25N5O3. The molecule has 1 aromatic heterocycles. The van der Waals surface area contributed by atoms with Crippen LogP contribution in [0.25, 0.3) is 0 Å². The Hall–Kier alpha value is -1.96. The van der Waals surface area contributed by atoms with Crippen LogP contribution < -0.4 is 10.6 Å². The first-order chi connectivity index (χ1) is 11.6. The molecule has 0 aliphatic carbocycles. The van der Waals surface area contributed by atoms with E-state index in [-0.39, 0.29) is 29.0 Å². The molecule has 3 rings (SSSR count). The Labute approximate surface area is 141 Å². The zero-order valence-corrected chi connectivity index (χ0v) is 14.2. The molecule has 24 heavy (non-hydrogen) atoms. The molecule has 0 aromatic carbocycles. The van der Waals surface area contributed by atoms with E-state index in [1.165, 1.54) is 0 Å². The second kappa shape index (κ2) is 6.88. The quantitative estimate of drug-likeness (QED) is 0.824. The number of nitrogens with zero attached hydrogens (tertiary/aromatic N) is 3. The molecule has 2 aliphatic heterocycles. The lowest BCUT2D eigenvalue weighted by Gasteiger charge is -2.31. The highest BCUT2D eigenvalue weighted by Crippen LogP contribution is 2.34. The average Bonchev–Trinajstić information content (AvgIpc) is 3.23. The number of hydrogen-bond donors (Lipinski definition) is 2. The minimum absolute atomic E-state index is 0.121. The van der Waals surface area contributed by atoms with Crippen molar-refractivity contribution in [1.82, 2.24) is 25.6 Å². The third kappa shape index (κ3) is 3.02. The van der Waals surface area contributed by atoms with Gasteiger partial charge in [0.2, 0.25) is 5.91 Å².